The highest BCUT2D eigenvalue weighted by atomic mass is 35.5. The van der Waals surface area contributed by atoms with Crippen LogP contribution in [0.5, 0.6) is 0 Å². The molecule has 0 radical (unpaired) electrons. The maximum absolute atomic E-state index is 6.57. The van der Waals surface area contributed by atoms with Crippen LogP contribution in [-0.2, 0) is 0 Å². The van der Waals surface area contributed by atoms with Gasteiger partial charge in [-0.25, -0.2) is 9.97 Å². The molecule has 1 aliphatic heterocycles. The molecule has 2 aromatic carbocycles. The second-order valence-corrected chi connectivity index (χ2v) is 7.37. The van der Waals surface area contributed by atoms with Crippen molar-refractivity contribution < 1.29 is 0 Å². The van der Waals surface area contributed by atoms with Crippen molar-refractivity contribution in [1.82, 2.24) is 9.97 Å². The average molecular weight is 399 g/mol. The molecular weight excluding hydrogens is 379 g/mol. The summed E-state index contributed by atoms with van der Waals surface area (Å²) in [5, 5.41) is 4.72. The predicted molar refractivity (Wildman–Crippen MR) is 113 cm³/mol. The zero-order chi connectivity index (χ0) is 18.6. The summed E-state index contributed by atoms with van der Waals surface area (Å²) < 4.78 is 0. The molecule has 1 fully saturated rings. The predicted octanol–water partition coefficient (Wildman–Crippen LogP) is 5.53. The minimum atomic E-state index is 0.348. The third-order valence-electron chi connectivity index (χ3n) is 4.86. The molecule has 0 unspecified atom stereocenters. The molecule has 0 aliphatic carbocycles. The second-order valence-electron chi connectivity index (χ2n) is 6.61. The molecule has 2 heterocycles. The van der Waals surface area contributed by atoms with Crippen LogP contribution in [-0.4, -0.2) is 29.1 Å². The summed E-state index contributed by atoms with van der Waals surface area (Å²) in [5.41, 5.74) is 2.90. The molecule has 0 spiro atoms. The van der Waals surface area contributed by atoms with Crippen molar-refractivity contribution in [3.05, 3.63) is 71.0 Å². The van der Waals surface area contributed by atoms with Crippen molar-refractivity contribution in [3.63, 3.8) is 0 Å². The number of nitrogens with one attached hydrogen (secondary N) is 1. The van der Waals surface area contributed by atoms with Gasteiger partial charge in [0.15, 0.2) is 0 Å². The van der Waals surface area contributed by atoms with Gasteiger partial charge >= 0.3 is 0 Å². The summed E-state index contributed by atoms with van der Waals surface area (Å²) >= 11 is 13.1. The first-order valence-electron chi connectivity index (χ1n) is 9.04. The third kappa shape index (κ3) is 4.02. The molecule has 4 rings (SSSR count). The normalized spacial score (nSPS) is 15.0. The molecule has 1 aliphatic rings. The molecule has 1 saturated heterocycles. The van der Waals surface area contributed by atoms with Crippen molar-refractivity contribution in [1.29, 1.82) is 0 Å². The molecule has 0 saturated carbocycles. The quantitative estimate of drug-likeness (QED) is 0.626. The third-order valence-corrected chi connectivity index (χ3v) is 5.74. The number of benzene rings is 2. The number of hydrogen-bond acceptors (Lipinski definition) is 4. The van der Waals surface area contributed by atoms with Crippen LogP contribution in [0.4, 0.5) is 11.6 Å². The first-order chi connectivity index (χ1) is 13.2. The summed E-state index contributed by atoms with van der Waals surface area (Å²) in [6, 6.07) is 16.3. The van der Waals surface area contributed by atoms with E-state index in [2.05, 4.69) is 20.2 Å². The first-order valence-corrected chi connectivity index (χ1v) is 9.80. The number of nitrogens with zero attached hydrogens (tertiary/aromatic N) is 3. The standard InChI is InChI=1S/C21H20Cl2N4/c22-19-17(15-5-2-1-3-6-15)7-8-18(20(19)23)26-16-9-13-27(14-10-16)21-24-11-4-12-25-21/h1-8,11-12,16,26H,9-10,13-14H2. The fraction of sp³-hybridized carbons (Fsp3) is 0.238. The smallest absolute Gasteiger partial charge is 0.225 e. The SMILES string of the molecule is Clc1c(NC2CCN(c3ncccn3)CC2)ccc(-c2ccccc2)c1Cl. The van der Waals surface area contributed by atoms with Gasteiger partial charge in [-0.1, -0.05) is 59.6 Å². The van der Waals surface area contributed by atoms with E-state index in [4.69, 9.17) is 23.2 Å². The van der Waals surface area contributed by atoms with Crippen LogP contribution in [0, 0.1) is 0 Å². The summed E-state index contributed by atoms with van der Waals surface area (Å²) in [7, 11) is 0. The Labute approximate surface area is 169 Å². The molecule has 1 N–H and O–H groups in total. The van der Waals surface area contributed by atoms with E-state index in [0.29, 0.717) is 16.1 Å². The van der Waals surface area contributed by atoms with Gasteiger partial charge in [-0.05, 0) is 30.5 Å². The lowest BCUT2D eigenvalue weighted by Gasteiger charge is -2.33. The van der Waals surface area contributed by atoms with Crippen molar-refractivity contribution >= 4 is 34.8 Å². The first kappa shape index (κ1) is 18.1. The highest BCUT2D eigenvalue weighted by Crippen LogP contribution is 2.39. The molecule has 138 valence electrons. The molecule has 4 nitrogen and oxygen atoms in total. The summed E-state index contributed by atoms with van der Waals surface area (Å²) in [6.45, 7) is 1.82. The lowest BCUT2D eigenvalue weighted by Crippen LogP contribution is -2.40. The van der Waals surface area contributed by atoms with Gasteiger partial charge in [-0.2, -0.15) is 0 Å². The molecule has 1 aromatic heterocycles. The number of hydrogen-bond donors (Lipinski definition) is 1. The van der Waals surface area contributed by atoms with Crippen LogP contribution in [0.1, 0.15) is 12.8 Å². The monoisotopic (exact) mass is 398 g/mol. The van der Waals surface area contributed by atoms with Gasteiger partial charge in [0, 0.05) is 37.1 Å². The highest BCUT2D eigenvalue weighted by Gasteiger charge is 2.22. The van der Waals surface area contributed by atoms with Crippen LogP contribution in [0.3, 0.4) is 0 Å². The Kier molecular flexibility index (Phi) is 5.46. The Hall–Kier alpha value is -2.30. The number of rotatable bonds is 4. The van der Waals surface area contributed by atoms with Crippen LogP contribution in [0.15, 0.2) is 60.9 Å². The summed E-state index contributed by atoms with van der Waals surface area (Å²) in [6.07, 6.45) is 5.55. The van der Waals surface area contributed by atoms with Crippen molar-refractivity contribution in [2.24, 2.45) is 0 Å². The van der Waals surface area contributed by atoms with Crippen molar-refractivity contribution in [3.8, 4) is 11.1 Å². The van der Waals surface area contributed by atoms with E-state index >= 15 is 0 Å². The molecule has 0 amide bonds. The molecule has 6 heteroatoms. The Morgan fingerprint density at radius 3 is 2.26 bits per heavy atom. The number of aromatic nitrogens is 2. The zero-order valence-corrected chi connectivity index (χ0v) is 16.3. The van der Waals surface area contributed by atoms with Gasteiger partial charge in [0.25, 0.3) is 0 Å². The molecule has 27 heavy (non-hydrogen) atoms. The largest absolute Gasteiger partial charge is 0.381 e. The lowest BCUT2D eigenvalue weighted by molar-refractivity contribution is 0.520. The van der Waals surface area contributed by atoms with E-state index in [1.165, 1.54) is 0 Å². The van der Waals surface area contributed by atoms with Crippen LogP contribution < -0.4 is 10.2 Å². The van der Waals surface area contributed by atoms with E-state index in [9.17, 15) is 0 Å². The minimum Gasteiger partial charge on any atom is -0.381 e. The number of piperidine rings is 1. The van der Waals surface area contributed by atoms with E-state index in [1.54, 1.807) is 12.4 Å². The number of anilines is 2. The number of halogens is 2. The molecule has 0 bridgehead atoms. The van der Waals surface area contributed by atoms with Gasteiger partial charge in [-0.15, -0.1) is 0 Å². The zero-order valence-electron chi connectivity index (χ0n) is 14.8. The van der Waals surface area contributed by atoms with E-state index in [-0.39, 0.29) is 0 Å². The Bertz CT molecular complexity index is 895. The average Bonchev–Trinajstić information content (AvgIpc) is 2.73. The molecule has 0 atom stereocenters. The van der Waals surface area contributed by atoms with Crippen LogP contribution in [0.2, 0.25) is 10.0 Å². The second kappa shape index (κ2) is 8.15. The highest BCUT2D eigenvalue weighted by molar-refractivity contribution is 6.45. The van der Waals surface area contributed by atoms with Crippen molar-refractivity contribution in [2.75, 3.05) is 23.3 Å². The molecule has 3 aromatic rings. The Balaban J connectivity index is 1.44. The lowest BCUT2D eigenvalue weighted by atomic mass is 10.0. The maximum atomic E-state index is 6.57. The van der Waals surface area contributed by atoms with Crippen LogP contribution in [0.25, 0.3) is 11.1 Å². The van der Waals surface area contributed by atoms with Gasteiger partial charge < -0.3 is 10.2 Å². The van der Waals surface area contributed by atoms with Gasteiger partial charge in [-0.3, -0.25) is 0 Å². The Morgan fingerprint density at radius 2 is 1.56 bits per heavy atom. The van der Waals surface area contributed by atoms with Crippen molar-refractivity contribution in [2.45, 2.75) is 18.9 Å². The fourth-order valence-corrected chi connectivity index (χ4v) is 3.89. The van der Waals surface area contributed by atoms with Crippen LogP contribution >= 0.6 is 23.2 Å². The van der Waals surface area contributed by atoms with Gasteiger partial charge in [0.1, 0.15) is 0 Å². The van der Waals surface area contributed by atoms with E-state index in [1.807, 2.05) is 48.5 Å². The topological polar surface area (TPSA) is 41.0 Å². The van der Waals surface area contributed by atoms with Gasteiger partial charge in [0.05, 0.1) is 15.7 Å². The minimum absolute atomic E-state index is 0.348. The molecular formula is C21H20Cl2N4. The van der Waals surface area contributed by atoms with E-state index < -0.39 is 0 Å². The summed E-state index contributed by atoms with van der Waals surface area (Å²) in [5.74, 6) is 0.796. The maximum Gasteiger partial charge on any atom is 0.225 e. The van der Waals surface area contributed by atoms with E-state index in [0.717, 1.165) is 48.7 Å². The Morgan fingerprint density at radius 1 is 0.852 bits per heavy atom. The fourth-order valence-electron chi connectivity index (χ4n) is 3.40. The summed E-state index contributed by atoms with van der Waals surface area (Å²) in [4.78, 5) is 10.9. The van der Waals surface area contributed by atoms with Gasteiger partial charge in [0.2, 0.25) is 5.95 Å².